The van der Waals surface area contributed by atoms with Gasteiger partial charge in [-0.3, -0.25) is 0 Å². The molecule has 0 amide bonds. The third-order valence-corrected chi connectivity index (χ3v) is 7.17. The summed E-state index contributed by atoms with van der Waals surface area (Å²) in [7, 11) is -0.282. The Morgan fingerprint density at radius 1 is 1.20 bits per heavy atom. The van der Waals surface area contributed by atoms with E-state index in [1.54, 1.807) is 6.07 Å². The van der Waals surface area contributed by atoms with Crippen LogP contribution in [0.1, 0.15) is 38.5 Å². The molecule has 0 atom stereocenters. The van der Waals surface area contributed by atoms with Crippen LogP contribution in [-0.4, -0.2) is 45.9 Å². The second-order valence-electron chi connectivity index (χ2n) is 5.77. The van der Waals surface area contributed by atoms with E-state index in [-0.39, 0.29) is 24.0 Å². The summed E-state index contributed by atoms with van der Waals surface area (Å²) in [6, 6.07) is 3.48. The van der Waals surface area contributed by atoms with Crippen molar-refractivity contribution in [2.24, 2.45) is 10.9 Å². The van der Waals surface area contributed by atoms with Gasteiger partial charge < -0.3 is 10.6 Å². The van der Waals surface area contributed by atoms with Crippen LogP contribution in [0.15, 0.2) is 21.3 Å². The van der Waals surface area contributed by atoms with Crippen LogP contribution in [0.2, 0.25) is 0 Å². The molecule has 0 aliphatic heterocycles. The van der Waals surface area contributed by atoms with Crippen LogP contribution in [0.3, 0.4) is 0 Å². The lowest BCUT2D eigenvalue weighted by molar-refractivity contribution is 0.481. The van der Waals surface area contributed by atoms with E-state index in [4.69, 9.17) is 0 Å². The molecule has 1 aromatic rings. The summed E-state index contributed by atoms with van der Waals surface area (Å²) in [5.74, 6) is 1.40. The van der Waals surface area contributed by atoms with E-state index in [2.05, 4.69) is 29.5 Å². The summed E-state index contributed by atoms with van der Waals surface area (Å²) in [6.07, 6.45) is 2.28. The van der Waals surface area contributed by atoms with Crippen molar-refractivity contribution in [3.05, 3.63) is 17.0 Å². The predicted octanol–water partition coefficient (Wildman–Crippen LogP) is 3.11. The van der Waals surface area contributed by atoms with Crippen molar-refractivity contribution in [3.63, 3.8) is 0 Å². The van der Waals surface area contributed by atoms with Crippen LogP contribution in [0.5, 0.6) is 0 Å². The molecular formula is C16H31IN4O2S2. The highest BCUT2D eigenvalue weighted by Gasteiger charge is 2.19. The Morgan fingerprint density at radius 2 is 1.84 bits per heavy atom. The van der Waals surface area contributed by atoms with Crippen molar-refractivity contribution < 1.29 is 8.42 Å². The van der Waals surface area contributed by atoms with E-state index in [1.165, 1.54) is 29.7 Å². The fourth-order valence-corrected chi connectivity index (χ4v) is 4.53. The predicted molar refractivity (Wildman–Crippen MR) is 117 cm³/mol. The SMILES string of the molecule is CCNC(=NCc1ccc(S(=O)(=O)N(C)C)s1)NCC(CC)CC.I. The molecule has 146 valence electrons. The first-order chi connectivity index (χ1) is 11.3. The van der Waals surface area contributed by atoms with Gasteiger partial charge in [-0.15, -0.1) is 35.3 Å². The molecule has 2 N–H and O–H groups in total. The van der Waals surface area contributed by atoms with Gasteiger partial charge in [-0.05, 0) is 25.0 Å². The number of guanidine groups is 1. The molecule has 1 rings (SSSR count). The van der Waals surface area contributed by atoms with Crippen LogP contribution in [0.4, 0.5) is 0 Å². The average molecular weight is 502 g/mol. The van der Waals surface area contributed by atoms with Crippen LogP contribution in [-0.2, 0) is 16.6 Å². The van der Waals surface area contributed by atoms with Gasteiger partial charge in [0.2, 0.25) is 0 Å². The van der Waals surface area contributed by atoms with Crippen molar-refractivity contribution >= 4 is 51.3 Å². The quantitative estimate of drug-likeness (QED) is 0.309. The molecule has 0 aliphatic rings. The maximum absolute atomic E-state index is 12.1. The Balaban J connectivity index is 0.00000576. The van der Waals surface area contributed by atoms with Crippen molar-refractivity contribution in [1.82, 2.24) is 14.9 Å². The lowest BCUT2D eigenvalue weighted by atomic mass is 10.0. The van der Waals surface area contributed by atoms with Gasteiger partial charge in [-0.25, -0.2) is 17.7 Å². The van der Waals surface area contributed by atoms with Gasteiger partial charge in [0.05, 0.1) is 6.54 Å². The number of aliphatic imine (C=N–C) groups is 1. The number of thiophene rings is 1. The molecule has 0 aliphatic carbocycles. The van der Waals surface area contributed by atoms with Crippen LogP contribution < -0.4 is 10.6 Å². The van der Waals surface area contributed by atoms with Gasteiger partial charge in [0.15, 0.2) is 5.96 Å². The van der Waals surface area contributed by atoms with E-state index >= 15 is 0 Å². The van der Waals surface area contributed by atoms with Gasteiger partial charge in [-0.1, -0.05) is 26.7 Å². The number of nitrogens with zero attached hydrogens (tertiary/aromatic N) is 2. The van der Waals surface area contributed by atoms with E-state index < -0.39 is 10.0 Å². The molecule has 0 radical (unpaired) electrons. The van der Waals surface area contributed by atoms with E-state index in [9.17, 15) is 8.42 Å². The summed E-state index contributed by atoms with van der Waals surface area (Å²) in [6.45, 7) is 8.56. The molecule has 0 spiro atoms. The zero-order chi connectivity index (χ0) is 18.2. The molecule has 0 saturated carbocycles. The lowest BCUT2D eigenvalue weighted by Crippen LogP contribution is -2.39. The van der Waals surface area contributed by atoms with Crippen LogP contribution in [0.25, 0.3) is 0 Å². The summed E-state index contributed by atoms with van der Waals surface area (Å²) in [4.78, 5) is 5.49. The van der Waals surface area contributed by atoms with Crippen molar-refractivity contribution in [1.29, 1.82) is 0 Å². The maximum atomic E-state index is 12.1. The number of sulfonamides is 1. The van der Waals surface area contributed by atoms with E-state index in [1.807, 2.05) is 13.0 Å². The van der Waals surface area contributed by atoms with Crippen molar-refractivity contribution in [2.75, 3.05) is 27.2 Å². The number of halogens is 1. The standard InChI is InChI=1S/C16H30N4O2S2.HI/c1-6-13(7-2)11-18-16(17-8-3)19-12-14-9-10-15(23-14)24(21,22)20(4)5;/h9-10,13H,6-8,11-12H2,1-5H3,(H2,17,18,19);1H. The van der Waals surface area contributed by atoms with Gasteiger partial charge in [0.1, 0.15) is 4.21 Å². The molecular weight excluding hydrogens is 471 g/mol. The number of rotatable bonds is 9. The number of hydrogen-bond donors (Lipinski definition) is 2. The maximum Gasteiger partial charge on any atom is 0.252 e. The molecule has 25 heavy (non-hydrogen) atoms. The fraction of sp³-hybridized carbons (Fsp3) is 0.688. The zero-order valence-corrected chi connectivity index (χ0v) is 19.7. The highest BCUT2D eigenvalue weighted by molar-refractivity contribution is 14.0. The van der Waals surface area contributed by atoms with Gasteiger partial charge >= 0.3 is 0 Å². The summed E-state index contributed by atoms with van der Waals surface area (Å²) in [5.41, 5.74) is 0. The minimum atomic E-state index is -3.36. The number of hydrogen-bond acceptors (Lipinski definition) is 4. The van der Waals surface area contributed by atoms with Crippen molar-refractivity contribution in [3.8, 4) is 0 Å². The summed E-state index contributed by atoms with van der Waals surface area (Å²) >= 11 is 1.27. The molecule has 0 saturated heterocycles. The highest BCUT2D eigenvalue weighted by Crippen LogP contribution is 2.24. The third kappa shape index (κ3) is 7.79. The Hall–Kier alpha value is -0.390. The molecule has 0 unspecified atom stereocenters. The molecule has 0 fully saturated rings. The van der Waals surface area contributed by atoms with Crippen LogP contribution >= 0.6 is 35.3 Å². The second kappa shape index (κ2) is 12.1. The first kappa shape index (κ1) is 24.6. The molecule has 9 heteroatoms. The Morgan fingerprint density at radius 3 is 2.36 bits per heavy atom. The van der Waals surface area contributed by atoms with Gasteiger partial charge in [0, 0.05) is 32.1 Å². The molecule has 0 bridgehead atoms. The third-order valence-electron chi connectivity index (χ3n) is 3.82. The highest BCUT2D eigenvalue weighted by atomic mass is 127. The monoisotopic (exact) mass is 502 g/mol. The van der Waals surface area contributed by atoms with Gasteiger partial charge in [-0.2, -0.15) is 0 Å². The lowest BCUT2D eigenvalue weighted by Gasteiger charge is -2.16. The van der Waals surface area contributed by atoms with E-state index in [0.29, 0.717) is 16.7 Å². The zero-order valence-electron chi connectivity index (χ0n) is 15.7. The van der Waals surface area contributed by atoms with Crippen LogP contribution in [0, 0.1) is 5.92 Å². The summed E-state index contributed by atoms with van der Waals surface area (Å²) in [5, 5.41) is 6.59. The first-order valence-electron chi connectivity index (χ1n) is 8.38. The second-order valence-corrected chi connectivity index (χ2v) is 9.31. The first-order valence-corrected chi connectivity index (χ1v) is 10.6. The van der Waals surface area contributed by atoms with E-state index in [0.717, 1.165) is 36.8 Å². The molecule has 1 heterocycles. The Labute approximate surface area is 173 Å². The molecule has 0 aromatic carbocycles. The smallest absolute Gasteiger partial charge is 0.252 e. The fourth-order valence-electron chi connectivity index (χ4n) is 2.08. The molecule has 1 aromatic heterocycles. The summed E-state index contributed by atoms with van der Waals surface area (Å²) < 4.78 is 25.8. The largest absolute Gasteiger partial charge is 0.357 e. The number of nitrogens with one attached hydrogen (secondary N) is 2. The Bertz CT molecular complexity index is 626. The molecule has 6 nitrogen and oxygen atoms in total. The van der Waals surface area contributed by atoms with Crippen molar-refractivity contribution in [2.45, 2.75) is 44.4 Å². The average Bonchev–Trinajstić information content (AvgIpc) is 3.02. The minimum Gasteiger partial charge on any atom is -0.357 e. The minimum absolute atomic E-state index is 0. The Kier molecular flexibility index (Phi) is 11.9. The van der Waals surface area contributed by atoms with Gasteiger partial charge in [0.25, 0.3) is 10.0 Å². The topological polar surface area (TPSA) is 73.8 Å². The normalized spacial score (nSPS) is 12.4.